The summed E-state index contributed by atoms with van der Waals surface area (Å²) in [5.41, 5.74) is 6.46. The summed E-state index contributed by atoms with van der Waals surface area (Å²) in [6, 6.07) is 37.3. The lowest BCUT2D eigenvalue weighted by Gasteiger charge is -2.48. The first-order valence-corrected chi connectivity index (χ1v) is 22.3. The molecule has 6 aliphatic rings. The molecule has 6 fully saturated rings. The molecule has 0 radical (unpaired) electrons. The van der Waals surface area contributed by atoms with Crippen LogP contribution in [0.1, 0.15) is 61.9 Å². The molecule has 4 atom stereocenters. The third-order valence-electron chi connectivity index (χ3n) is 14.1. The predicted molar refractivity (Wildman–Crippen MR) is 242 cm³/mol. The van der Waals surface area contributed by atoms with E-state index >= 15 is 0 Å². The van der Waals surface area contributed by atoms with Gasteiger partial charge in [-0.15, -0.1) is 0 Å². The first kappa shape index (κ1) is 38.8. The Bertz CT molecular complexity index is 2560. The minimum Gasteiger partial charge on any atom is -0.497 e. The first-order valence-electron chi connectivity index (χ1n) is 22.3. The molecule has 4 bridgehead atoms. The molecule has 0 N–H and O–H groups in total. The molecule has 4 unspecified atom stereocenters. The number of hydrogen-bond acceptors (Lipinski definition) is 10. The van der Waals surface area contributed by atoms with E-state index in [0.717, 1.165) is 100 Å². The average molecular weight is 825 g/mol. The van der Waals surface area contributed by atoms with E-state index in [9.17, 15) is 0 Å². The van der Waals surface area contributed by atoms with Crippen LogP contribution in [0.2, 0.25) is 0 Å². The van der Waals surface area contributed by atoms with Crippen molar-refractivity contribution in [1.29, 1.82) is 0 Å². The summed E-state index contributed by atoms with van der Waals surface area (Å²) >= 11 is 0. The zero-order chi connectivity index (χ0) is 41.6. The lowest BCUT2D eigenvalue weighted by atomic mass is 9.79. The zero-order valence-corrected chi connectivity index (χ0v) is 35.4. The van der Waals surface area contributed by atoms with Crippen LogP contribution in [-0.4, -0.2) is 82.2 Å². The smallest absolute Gasteiger partial charge is 0.229 e. The Kier molecular flexibility index (Phi) is 10.4. The number of benzene rings is 4. The Hall–Kier alpha value is -6.10. The maximum absolute atomic E-state index is 7.67. The summed E-state index contributed by atoms with van der Waals surface area (Å²) in [5, 5.41) is 2.02. The number of fused-ring (bicyclic) bond motifs is 8. The van der Waals surface area contributed by atoms with Crippen LogP contribution in [0.25, 0.3) is 44.3 Å². The molecule has 9 heterocycles. The van der Waals surface area contributed by atoms with E-state index in [1.165, 1.54) is 25.7 Å². The van der Waals surface area contributed by atoms with Crippen LogP contribution in [0.4, 0.5) is 0 Å². The van der Waals surface area contributed by atoms with Crippen LogP contribution in [0, 0.1) is 11.8 Å². The van der Waals surface area contributed by atoms with Gasteiger partial charge in [0, 0.05) is 39.9 Å². The number of piperidine rings is 6. The minimum atomic E-state index is -0.378. The maximum atomic E-state index is 7.67. The van der Waals surface area contributed by atoms with Gasteiger partial charge < -0.3 is 18.9 Å². The summed E-state index contributed by atoms with van der Waals surface area (Å²) in [6.07, 6.45) is 9.99. The van der Waals surface area contributed by atoms with Crippen molar-refractivity contribution >= 4 is 21.8 Å². The van der Waals surface area contributed by atoms with Gasteiger partial charge >= 0.3 is 0 Å². The fourth-order valence-electron chi connectivity index (χ4n) is 10.8. The summed E-state index contributed by atoms with van der Waals surface area (Å²) in [5.74, 6) is 4.39. The Morgan fingerprint density at radius 2 is 0.984 bits per heavy atom. The van der Waals surface area contributed by atoms with Gasteiger partial charge in [-0.2, -0.15) is 9.97 Å². The van der Waals surface area contributed by atoms with Crippen molar-refractivity contribution in [2.24, 2.45) is 11.8 Å². The van der Waals surface area contributed by atoms with Gasteiger partial charge in [0.05, 0.1) is 37.3 Å². The summed E-state index contributed by atoms with van der Waals surface area (Å²) < 4.78 is 26.9. The molecular formula is C52H52N6O4. The number of methoxy groups -OCH3 is 2. The first-order chi connectivity index (χ1) is 30.6. The Balaban J connectivity index is 1.13. The quantitative estimate of drug-likeness (QED) is 0.119. The molecule has 13 rings (SSSR count). The Morgan fingerprint density at radius 3 is 1.40 bits per heavy atom. The van der Waals surface area contributed by atoms with Gasteiger partial charge in [-0.1, -0.05) is 60.7 Å². The maximum Gasteiger partial charge on any atom is 0.229 e. The highest BCUT2D eigenvalue weighted by Gasteiger charge is 2.43. The molecular weight excluding hydrogens is 773 g/mol. The van der Waals surface area contributed by atoms with Gasteiger partial charge in [-0.3, -0.25) is 19.8 Å². The Labute approximate surface area is 362 Å². The molecule has 3 aromatic heterocycles. The zero-order valence-electron chi connectivity index (χ0n) is 35.4. The topological polar surface area (TPSA) is 95.0 Å². The standard InChI is InChI=1S/C52H52N6O4/c1-59-37-13-15-43-41(31-37)39(17-23-53-43)48(45-29-33-19-25-57(45)26-20-33)61-51-47(35-9-5-3-6-10-35)52(56-50(55-51)36-11-7-4-8-12-36)62-49(46-30-34-21-27-58(46)28-22-34)40-18-24-54-44-16-14-38(60-2)32-42(40)44/h3-18,23-24,31-34,45-46,48-49H,19-22,25-30H2,1-2H3. The number of nitrogens with zero attached hydrogens (tertiary/aromatic N) is 6. The molecule has 0 saturated carbocycles. The third kappa shape index (κ3) is 7.28. The highest BCUT2D eigenvalue weighted by Crippen LogP contribution is 2.48. The van der Waals surface area contributed by atoms with Crippen LogP contribution in [0.3, 0.4) is 0 Å². The average Bonchev–Trinajstić information content (AvgIpc) is 3.35. The highest BCUT2D eigenvalue weighted by atomic mass is 16.5. The van der Waals surface area contributed by atoms with Crippen molar-refractivity contribution in [2.45, 2.75) is 62.8 Å². The van der Waals surface area contributed by atoms with Crippen LogP contribution in [0.5, 0.6) is 23.3 Å². The van der Waals surface area contributed by atoms with E-state index in [4.69, 9.17) is 38.9 Å². The second-order valence-corrected chi connectivity index (χ2v) is 17.5. The van der Waals surface area contributed by atoms with Gasteiger partial charge in [-0.05, 0) is 131 Å². The number of aromatic nitrogens is 4. The van der Waals surface area contributed by atoms with Crippen molar-refractivity contribution in [3.8, 4) is 45.8 Å². The number of hydrogen-bond donors (Lipinski definition) is 0. The van der Waals surface area contributed by atoms with E-state index in [1.807, 2.05) is 60.9 Å². The number of rotatable bonds is 12. The fourth-order valence-corrected chi connectivity index (χ4v) is 10.8. The molecule has 7 aromatic rings. The van der Waals surface area contributed by atoms with Gasteiger partial charge in [0.1, 0.15) is 29.3 Å². The molecule has 6 saturated heterocycles. The van der Waals surface area contributed by atoms with Crippen molar-refractivity contribution in [3.05, 3.63) is 133 Å². The molecule has 314 valence electrons. The predicted octanol–water partition coefficient (Wildman–Crippen LogP) is 10.1. The number of pyridine rings is 2. The molecule has 6 aliphatic heterocycles. The summed E-state index contributed by atoms with van der Waals surface area (Å²) in [7, 11) is 3.43. The Morgan fingerprint density at radius 1 is 0.532 bits per heavy atom. The van der Waals surface area contributed by atoms with E-state index < -0.39 is 0 Å². The monoisotopic (exact) mass is 824 g/mol. The number of ether oxygens (including phenoxy) is 4. The van der Waals surface area contributed by atoms with E-state index in [1.54, 1.807) is 14.2 Å². The van der Waals surface area contributed by atoms with Crippen LogP contribution < -0.4 is 18.9 Å². The van der Waals surface area contributed by atoms with Gasteiger partial charge in [0.15, 0.2) is 5.82 Å². The van der Waals surface area contributed by atoms with Crippen molar-refractivity contribution < 1.29 is 18.9 Å². The molecule has 10 nitrogen and oxygen atoms in total. The molecule has 0 aliphatic carbocycles. The van der Waals surface area contributed by atoms with Crippen LogP contribution in [-0.2, 0) is 0 Å². The van der Waals surface area contributed by atoms with Crippen molar-refractivity contribution in [2.75, 3.05) is 40.4 Å². The van der Waals surface area contributed by atoms with Crippen molar-refractivity contribution in [1.82, 2.24) is 29.7 Å². The van der Waals surface area contributed by atoms with Crippen LogP contribution >= 0.6 is 0 Å². The minimum absolute atomic E-state index is 0.124. The summed E-state index contributed by atoms with van der Waals surface area (Å²) in [4.78, 5) is 25.7. The molecule has 62 heavy (non-hydrogen) atoms. The fraction of sp³-hybridized carbons (Fsp3) is 0.346. The second-order valence-electron chi connectivity index (χ2n) is 17.5. The summed E-state index contributed by atoms with van der Waals surface area (Å²) in [6.45, 7) is 4.19. The second kappa shape index (κ2) is 16.6. The largest absolute Gasteiger partial charge is 0.497 e. The highest BCUT2D eigenvalue weighted by molar-refractivity contribution is 5.85. The van der Waals surface area contributed by atoms with E-state index in [2.05, 4.69) is 70.5 Å². The lowest BCUT2D eigenvalue weighted by molar-refractivity contribution is -0.0199. The SMILES string of the molecule is COc1ccc2nccc(C(Oc3nc(-c4ccccc4)nc(OC(c4ccnc5ccc(OC)cc45)C4CC5CCN4CC5)c3-c3ccccc3)C3CC4CCN3CC4)c2c1. The van der Waals surface area contributed by atoms with Crippen molar-refractivity contribution in [3.63, 3.8) is 0 Å². The van der Waals surface area contributed by atoms with Gasteiger partial charge in [0.2, 0.25) is 11.8 Å². The normalized spacial score (nSPS) is 23.8. The molecule has 10 heteroatoms. The van der Waals surface area contributed by atoms with Gasteiger partial charge in [0.25, 0.3) is 0 Å². The van der Waals surface area contributed by atoms with Gasteiger partial charge in [-0.25, -0.2) is 0 Å². The molecule has 0 spiro atoms. The third-order valence-corrected chi connectivity index (χ3v) is 14.1. The van der Waals surface area contributed by atoms with E-state index in [0.29, 0.717) is 29.4 Å². The molecule has 4 aromatic carbocycles. The van der Waals surface area contributed by atoms with Crippen LogP contribution in [0.15, 0.2) is 122 Å². The lowest BCUT2D eigenvalue weighted by Crippen LogP contribution is -2.52. The molecule has 0 amide bonds. The van der Waals surface area contributed by atoms with E-state index in [-0.39, 0.29) is 24.3 Å².